The van der Waals surface area contributed by atoms with Gasteiger partial charge in [0.1, 0.15) is 6.10 Å². The Labute approximate surface area is 119 Å². The zero-order valence-electron chi connectivity index (χ0n) is 11.5. The van der Waals surface area contributed by atoms with Crippen LogP contribution in [0.25, 0.3) is 0 Å². The first kappa shape index (κ1) is 14.3. The molecule has 1 aromatic heterocycles. The van der Waals surface area contributed by atoms with Crippen LogP contribution < -0.4 is 5.73 Å². The summed E-state index contributed by atoms with van der Waals surface area (Å²) in [5.74, 6) is 0. The molecule has 2 rings (SSSR count). The van der Waals surface area contributed by atoms with Crippen molar-refractivity contribution in [1.29, 1.82) is 0 Å². The van der Waals surface area contributed by atoms with E-state index in [1.807, 2.05) is 18.2 Å². The Kier molecular flexibility index (Phi) is 5.14. The van der Waals surface area contributed by atoms with Crippen molar-refractivity contribution in [3.05, 3.63) is 57.8 Å². The fraction of sp³-hybridized carbons (Fsp3) is 0.375. The monoisotopic (exact) mass is 275 g/mol. The maximum Gasteiger partial charge on any atom is 0.107 e. The third-order valence-electron chi connectivity index (χ3n) is 3.29. The molecule has 0 aliphatic carbocycles. The number of thiophene rings is 1. The number of ether oxygens (including phenoxy) is 1. The van der Waals surface area contributed by atoms with E-state index < -0.39 is 0 Å². The van der Waals surface area contributed by atoms with Crippen molar-refractivity contribution in [2.45, 2.75) is 39.0 Å². The van der Waals surface area contributed by atoms with Crippen LogP contribution in [0.5, 0.6) is 0 Å². The van der Waals surface area contributed by atoms with Gasteiger partial charge < -0.3 is 10.5 Å². The average Bonchev–Trinajstić information content (AvgIpc) is 2.86. The van der Waals surface area contributed by atoms with Crippen LogP contribution >= 0.6 is 11.3 Å². The molecule has 3 heteroatoms. The second-order valence-corrected chi connectivity index (χ2v) is 5.70. The highest BCUT2D eigenvalue weighted by atomic mass is 32.1. The van der Waals surface area contributed by atoms with Crippen molar-refractivity contribution in [2.24, 2.45) is 5.73 Å². The van der Waals surface area contributed by atoms with E-state index in [9.17, 15) is 0 Å². The molecule has 0 saturated carbocycles. The van der Waals surface area contributed by atoms with Gasteiger partial charge >= 0.3 is 0 Å². The van der Waals surface area contributed by atoms with Crippen molar-refractivity contribution in [1.82, 2.24) is 0 Å². The highest BCUT2D eigenvalue weighted by Crippen LogP contribution is 2.30. The molecule has 0 fully saturated rings. The lowest BCUT2D eigenvalue weighted by atomic mass is 10.1. The maximum absolute atomic E-state index is 6.22. The van der Waals surface area contributed by atoms with Crippen LogP contribution in [0.2, 0.25) is 0 Å². The molecule has 0 bridgehead atoms. The first-order chi connectivity index (χ1) is 9.22. The summed E-state index contributed by atoms with van der Waals surface area (Å²) in [6, 6.07) is 12.4. The van der Waals surface area contributed by atoms with E-state index in [1.165, 1.54) is 16.0 Å². The molecular formula is C16H21NOS. The van der Waals surface area contributed by atoms with Gasteiger partial charge in [-0.15, -0.1) is 11.3 Å². The summed E-state index contributed by atoms with van der Waals surface area (Å²) >= 11 is 1.73. The summed E-state index contributed by atoms with van der Waals surface area (Å²) in [7, 11) is 0. The van der Waals surface area contributed by atoms with Crippen molar-refractivity contribution >= 4 is 11.3 Å². The molecule has 2 atom stereocenters. The van der Waals surface area contributed by atoms with Gasteiger partial charge in [0.15, 0.2) is 0 Å². The Hall–Kier alpha value is -1.16. The molecule has 0 radical (unpaired) electrons. The summed E-state index contributed by atoms with van der Waals surface area (Å²) < 4.78 is 6.09. The van der Waals surface area contributed by atoms with Crippen LogP contribution in [0, 0.1) is 6.92 Å². The van der Waals surface area contributed by atoms with Gasteiger partial charge in [-0.1, -0.05) is 37.3 Å². The van der Waals surface area contributed by atoms with Crippen LogP contribution in [0.4, 0.5) is 0 Å². The minimum absolute atomic E-state index is 0.00907. The van der Waals surface area contributed by atoms with Gasteiger partial charge in [-0.05, 0) is 35.9 Å². The van der Waals surface area contributed by atoms with E-state index in [1.54, 1.807) is 11.3 Å². The fourth-order valence-electron chi connectivity index (χ4n) is 2.04. The number of nitrogens with two attached hydrogens (primary N) is 1. The standard InChI is InChI=1S/C16H21NOS/c1-3-14(17)15(16-12(2)9-10-19-16)18-11-13-7-5-4-6-8-13/h4-10,14-15H,3,11,17H2,1-2H3. The maximum atomic E-state index is 6.22. The Bertz CT molecular complexity index is 494. The zero-order chi connectivity index (χ0) is 13.7. The fourth-order valence-corrected chi connectivity index (χ4v) is 3.09. The number of hydrogen-bond donors (Lipinski definition) is 1. The molecule has 19 heavy (non-hydrogen) atoms. The first-order valence-corrected chi connectivity index (χ1v) is 7.55. The second-order valence-electron chi connectivity index (χ2n) is 4.76. The largest absolute Gasteiger partial charge is 0.366 e. The van der Waals surface area contributed by atoms with E-state index in [0.29, 0.717) is 6.61 Å². The molecular weight excluding hydrogens is 254 g/mol. The third kappa shape index (κ3) is 3.66. The Balaban J connectivity index is 2.09. The molecule has 1 heterocycles. The molecule has 2 nitrogen and oxygen atoms in total. The van der Waals surface area contributed by atoms with E-state index >= 15 is 0 Å². The lowest BCUT2D eigenvalue weighted by molar-refractivity contribution is 0.0232. The SMILES string of the molecule is CCC(N)C(OCc1ccccc1)c1sccc1C. The Morgan fingerprint density at radius 2 is 1.95 bits per heavy atom. The molecule has 0 amide bonds. The van der Waals surface area contributed by atoms with Crippen LogP contribution in [-0.2, 0) is 11.3 Å². The van der Waals surface area contributed by atoms with Crippen LogP contribution in [-0.4, -0.2) is 6.04 Å². The Morgan fingerprint density at radius 3 is 2.53 bits per heavy atom. The van der Waals surface area contributed by atoms with Crippen LogP contribution in [0.3, 0.4) is 0 Å². The smallest absolute Gasteiger partial charge is 0.107 e. The molecule has 2 N–H and O–H groups in total. The molecule has 102 valence electrons. The predicted molar refractivity (Wildman–Crippen MR) is 81.3 cm³/mol. The Morgan fingerprint density at radius 1 is 1.21 bits per heavy atom. The summed E-state index contributed by atoms with van der Waals surface area (Å²) in [4.78, 5) is 1.25. The number of benzene rings is 1. The summed E-state index contributed by atoms with van der Waals surface area (Å²) in [6.07, 6.45) is 0.904. The van der Waals surface area contributed by atoms with Crippen molar-refractivity contribution in [3.63, 3.8) is 0 Å². The number of aryl methyl sites for hydroxylation is 1. The second kappa shape index (κ2) is 6.85. The molecule has 0 aliphatic rings. The highest BCUT2D eigenvalue weighted by Gasteiger charge is 2.22. The van der Waals surface area contributed by atoms with Gasteiger partial charge in [-0.25, -0.2) is 0 Å². The minimum Gasteiger partial charge on any atom is -0.366 e. The van der Waals surface area contributed by atoms with Gasteiger partial charge in [-0.3, -0.25) is 0 Å². The molecule has 0 aliphatic heterocycles. The quantitative estimate of drug-likeness (QED) is 0.863. The zero-order valence-corrected chi connectivity index (χ0v) is 12.3. The molecule has 0 saturated heterocycles. The van der Waals surface area contributed by atoms with Gasteiger partial charge in [0.05, 0.1) is 6.61 Å². The van der Waals surface area contributed by atoms with E-state index in [-0.39, 0.29) is 12.1 Å². The minimum atomic E-state index is -0.00907. The average molecular weight is 275 g/mol. The lowest BCUT2D eigenvalue weighted by Gasteiger charge is -2.23. The van der Waals surface area contributed by atoms with Crippen LogP contribution in [0.1, 0.15) is 35.5 Å². The summed E-state index contributed by atoms with van der Waals surface area (Å²) in [5.41, 5.74) is 8.68. The van der Waals surface area contributed by atoms with E-state index in [2.05, 4.69) is 37.4 Å². The van der Waals surface area contributed by atoms with Gasteiger partial charge in [-0.2, -0.15) is 0 Å². The molecule has 1 aromatic carbocycles. The van der Waals surface area contributed by atoms with Crippen LogP contribution in [0.15, 0.2) is 41.8 Å². The summed E-state index contributed by atoms with van der Waals surface area (Å²) in [6.45, 7) is 4.83. The summed E-state index contributed by atoms with van der Waals surface area (Å²) in [5, 5.41) is 2.10. The van der Waals surface area contributed by atoms with Crippen molar-refractivity contribution in [3.8, 4) is 0 Å². The topological polar surface area (TPSA) is 35.2 Å². The lowest BCUT2D eigenvalue weighted by Crippen LogP contribution is -2.29. The van der Waals surface area contributed by atoms with Gasteiger partial charge in [0.25, 0.3) is 0 Å². The predicted octanol–water partition coefficient (Wildman–Crippen LogP) is 4.05. The van der Waals surface area contributed by atoms with Gasteiger partial charge in [0, 0.05) is 10.9 Å². The highest BCUT2D eigenvalue weighted by molar-refractivity contribution is 7.10. The molecule has 2 aromatic rings. The molecule has 2 unspecified atom stereocenters. The third-order valence-corrected chi connectivity index (χ3v) is 4.37. The number of rotatable bonds is 6. The normalized spacial score (nSPS) is 14.3. The van der Waals surface area contributed by atoms with E-state index in [4.69, 9.17) is 10.5 Å². The number of hydrogen-bond acceptors (Lipinski definition) is 3. The van der Waals surface area contributed by atoms with Crippen molar-refractivity contribution < 1.29 is 4.74 Å². The first-order valence-electron chi connectivity index (χ1n) is 6.67. The van der Waals surface area contributed by atoms with E-state index in [0.717, 1.165) is 6.42 Å². The van der Waals surface area contributed by atoms with Gasteiger partial charge in [0.2, 0.25) is 0 Å². The molecule has 0 spiro atoms. The van der Waals surface area contributed by atoms with Crippen molar-refractivity contribution in [2.75, 3.05) is 0 Å².